The van der Waals surface area contributed by atoms with E-state index in [0.29, 0.717) is 12.1 Å². The average molecular weight is 291 g/mol. The van der Waals surface area contributed by atoms with Gasteiger partial charge in [-0.25, -0.2) is 4.98 Å². The van der Waals surface area contributed by atoms with Gasteiger partial charge in [0, 0.05) is 45.0 Å². The summed E-state index contributed by atoms with van der Waals surface area (Å²) in [6, 6.07) is 1.04. The minimum atomic E-state index is 0.464. The summed E-state index contributed by atoms with van der Waals surface area (Å²) in [5.41, 5.74) is 1.01. The molecule has 0 spiro atoms. The summed E-state index contributed by atoms with van der Waals surface area (Å²) in [4.78, 5) is 13.9. The first kappa shape index (κ1) is 16.2. The monoisotopic (exact) mass is 291 g/mol. The first-order chi connectivity index (χ1) is 10.1. The summed E-state index contributed by atoms with van der Waals surface area (Å²) in [6.45, 7) is 10.8. The van der Waals surface area contributed by atoms with E-state index in [-0.39, 0.29) is 0 Å². The van der Waals surface area contributed by atoms with Gasteiger partial charge in [-0.1, -0.05) is 20.8 Å². The van der Waals surface area contributed by atoms with E-state index in [2.05, 4.69) is 47.9 Å². The average Bonchev–Trinajstić information content (AvgIpc) is 2.52. The van der Waals surface area contributed by atoms with Crippen LogP contribution in [-0.2, 0) is 6.54 Å². The summed E-state index contributed by atoms with van der Waals surface area (Å²) < 4.78 is 0. The fraction of sp³-hybridized carbons (Fsp3) is 0.750. The molecule has 1 N–H and O–H groups in total. The molecule has 0 radical (unpaired) electrons. The second-order valence-electron chi connectivity index (χ2n) is 6.18. The van der Waals surface area contributed by atoms with Crippen molar-refractivity contribution >= 4 is 5.82 Å². The molecule has 5 heteroatoms. The van der Waals surface area contributed by atoms with Crippen molar-refractivity contribution < 1.29 is 0 Å². The van der Waals surface area contributed by atoms with Crippen molar-refractivity contribution in [1.82, 2.24) is 20.2 Å². The normalized spacial score (nSPS) is 17.4. The van der Waals surface area contributed by atoms with Gasteiger partial charge in [0.05, 0.1) is 11.9 Å². The topological polar surface area (TPSA) is 44.3 Å². The molecule has 0 saturated carbocycles. The zero-order chi connectivity index (χ0) is 15.2. The Labute approximate surface area is 128 Å². The van der Waals surface area contributed by atoms with Crippen LogP contribution < -0.4 is 10.2 Å². The number of aromatic nitrogens is 2. The highest BCUT2D eigenvalue weighted by molar-refractivity contribution is 5.36. The van der Waals surface area contributed by atoms with Crippen LogP contribution >= 0.6 is 0 Å². The molecule has 1 aliphatic rings. The van der Waals surface area contributed by atoms with Gasteiger partial charge in [-0.15, -0.1) is 0 Å². The molecule has 1 aromatic rings. The molecule has 1 aliphatic heterocycles. The van der Waals surface area contributed by atoms with Crippen molar-refractivity contribution in [2.75, 3.05) is 31.6 Å². The van der Waals surface area contributed by atoms with Crippen LogP contribution in [0.4, 0.5) is 5.82 Å². The fourth-order valence-corrected chi connectivity index (χ4v) is 2.77. The molecule has 0 atom stereocenters. The van der Waals surface area contributed by atoms with Gasteiger partial charge in [-0.05, 0) is 19.4 Å². The molecule has 21 heavy (non-hydrogen) atoms. The lowest BCUT2D eigenvalue weighted by Gasteiger charge is -2.36. The van der Waals surface area contributed by atoms with Crippen molar-refractivity contribution in [2.45, 2.75) is 52.2 Å². The van der Waals surface area contributed by atoms with Gasteiger partial charge in [0.25, 0.3) is 0 Å². The van der Waals surface area contributed by atoms with Gasteiger partial charge >= 0.3 is 0 Å². The van der Waals surface area contributed by atoms with Crippen molar-refractivity contribution in [1.29, 1.82) is 0 Å². The smallest absolute Gasteiger partial charge is 0.147 e. The highest BCUT2D eigenvalue weighted by Gasteiger charge is 2.22. The number of rotatable bonds is 6. The minimum Gasteiger partial charge on any atom is -0.355 e. The third-order valence-corrected chi connectivity index (χ3v) is 4.28. The Morgan fingerprint density at radius 1 is 1.33 bits per heavy atom. The maximum Gasteiger partial charge on any atom is 0.147 e. The van der Waals surface area contributed by atoms with Crippen LogP contribution in [-0.4, -0.2) is 53.6 Å². The molecule has 0 amide bonds. The number of nitrogens with one attached hydrogen (secondary N) is 1. The molecule has 0 bridgehead atoms. The van der Waals surface area contributed by atoms with Gasteiger partial charge in [-0.2, -0.15) is 0 Å². The van der Waals surface area contributed by atoms with E-state index in [4.69, 9.17) is 4.98 Å². The molecular formula is C16H29N5. The molecule has 1 fully saturated rings. The first-order valence-corrected chi connectivity index (χ1v) is 8.09. The summed E-state index contributed by atoms with van der Waals surface area (Å²) >= 11 is 0. The van der Waals surface area contributed by atoms with Crippen LogP contribution in [0.3, 0.4) is 0 Å². The van der Waals surface area contributed by atoms with Gasteiger partial charge in [0.2, 0.25) is 0 Å². The van der Waals surface area contributed by atoms with E-state index in [9.17, 15) is 0 Å². The Kier molecular flexibility index (Phi) is 5.94. The maximum absolute atomic E-state index is 4.75. The highest BCUT2D eigenvalue weighted by Crippen LogP contribution is 2.20. The van der Waals surface area contributed by atoms with E-state index in [1.54, 1.807) is 0 Å². The van der Waals surface area contributed by atoms with Crippen LogP contribution in [0, 0.1) is 0 Å². The quantitative estimate of drug-likeness (QED) is 0.867. The number of nitrogens with zero attached hydrogens (tertiary/aromatic N) is 4. The van der Waals surface area contributed by atoms with Gasteiger partial charge in [-0.3, -0.25) is 4.98 Å². The molecule has 2 heterocycles. The van der Waals surface area contributed by atoms with Crippen molar-refractivity contribution in [2.24, 2.45) is 0 Å². The number of hydrogen-bond donors (Lipinski definition) is 1. The Morgan fingerprint density at radius 3 is 2.67 bits per heavy atom. The molecule has 0 aromatic carbocycles. The second-order valence-corrected chi connectivity index (χ2v) is 6.18. The van der Waals surface area contributed by atoms with Crippen LogP contribution in [0.5, 0.6) is 0 Å². The van der Waals surface area contributed by atoms with Crippen LogP contribution in [0.15, 0.2) is 12.4 Å². The van der Waals surface area contributed by atoms with Crippen LogP contribution in [0.1, 0.15) is 39.3 Å². The fourth-order valence-electron chi connectivity index (χ4n) is 2.77. The van der Waals surface area contributed by atoms with E-state index in [1.165, 1.54) is 25.9 Å². The number of likely N-dealkylation sites (tertiary alicyclic amines) is 1. The summed E-state index contributed by atoms with van der Waals surface area (Å²) in [5, 5.41) is 3.39. The standard InChI is InChI=1S/C16H29N5/c1-5-21-8-6-15(7-9-21)20(4)16-12-17-10-14(19-16)11-18-13(2)3/h10,12-13,15,18H,5-9,11H2,1-4H3. The van der Waals surface area contributed by atoms with Crippen LogP contribution in [0.2, 0.25) is 0 Å². The van der Waals surface area contributed by atoms with Gasteiger partial charge < -0.3 is 15.1 Å². The maximum atomic E-state index is 4.75. The third kappa shape index (κ3) is 4.64. The number of piperidine rings is 1. The molecule has 2 rings (SSSR count). The zero-order valence-electron chi connectivity index (χ0n) is 13.8. The van der Waals surface area contributed by atoms with Crippen molar-refractivity contribution in [3.8, 4) is 0 Å². The second kappa shape index (κ2) is 7.71. The van der Waals surface area contributed by atoms with E-state index < -0.39 is 0 Å². The number of hydrogen-bond acceptors (Lipinski definition) is 5. The lowest BCUT2D eigenvalue weighted by atomic mass is 10.0. The van der Waals surface area contributed by atoms with Crippen LogP contribution in [0.25, 0.3) is 0 Å². The Hall–Kier alpha value is -1.20. The largest absolute Gasteiger partial charge is 0.355 e. The van der Waals surface area contributed by atoms with E-state index in [1.807, 2.05) is 12.4 Å². The Morgan fingerprint density at radius 2 is 2.05 bits per heavy atom. The van der Waals surface area contributed by atoms with E-state index in [0.717, 1.165) is 24.6 Å². The minimum absolute atomic E-state index is 0.464. The summed E-state index contributed by atoms with van der Waals surface area (Å²) in [6.07, 6.45) is 6.15. The lowest BCUT2D eigenvalue weighted by Crippen LogP contribution is -2.43. The van der Waals surface area contributed by atoms with Crippen molar-refractivity contribution in [3.63, 3.8) is 0 Å². The molecule has 1 aromatic heterocycles. The van der Waals surface area contributed by atoms with E-state index >= 15 is 0 Å². The predicted octanol–water partition coefficient (Wildman–Crippen LogP) is 1.90. The summed E-state index contributed by atoms with van der Waals surface area (Å²) in [5.74, 6) is 0.994. The highest BCUT2D eigenvalue weighted by atomic mass is 15.2. The molecular weight excluding hydrogens is 262 g/mol. The van der Waals surface area contributed by atoms with Gasteiger partial charge in [0.15, 0.2) is 0 Å². The van der Waals surface area contributed by atoms with Gasteiger partial charge in [0.1, 0.15) is 5.82 Å². The third-order valence-electron chi connectivity index (χ3n) is 4.28. The lowest BCUT2D eigenvalue weighted by molar-refractivity contribution is 0.220. The Bertz CT molecular complexity index is 426. The SMILES string of the molecule is CCN1CCC(N(C)c2cncc(CNC(C)C)n2)CC1. The molecule has 1 saturated heterocycles. The molecule has 118 valence electrons. The molecule has 0 aliphatic carbocycles. The predicted molar refractivity (Wildman–Crippen MR) is 87.5 cm³/mol. The summed E-state index contributed by atoms with van der Waals surface area (Å²) in [7, 11) is 2.15. The number of anilines is 1. The van der Waals surface area contributed by atoms with Crippen molar-refractivity contribution in [3.05, 3.63) is 18.1 Å². The molecule has 5 nitrogen and oxygen atoms in total. The molecule has 0 unspecified atom stereocenters. The Balaban J connectivity index is 1.95. The first-order valence-electron chi connectivity index (χ1n) is 8.09. The zero-order valence-corrected chi connectivity index (χ0v) is 13.8.